The van der Waals surface area contributed by atoms with Gasteiger partial charge in [-0.15, -0.1) is 0 Å². The summed E-state index contributed by atoms with van der Waals surface area (Å²) in [5.41, 5.74) is 0. The Kier molecular flexibility index (Phi) is 5.72. The highest BCUT2D eigenvalue weighted by Crippen LogP contribution is 2.27. The molecule has 1 aromatic rings. The minimum Gasteiger partial charge on any atom is -0.462 e. The molecule has 0 aliphatic carbocycles. The molecule has 1 aromatic carbocycles. The summed E-state index contributed by atoms with van der Waals surface area (Å²) in [7, 11) is 0. The number of hydrogen-bond acceptors (Lipinski definition) is 3. The van der Waals surface area contributed by atoms with Crippen LogP contribution in [0.4, 0.5) is 0 Å². The Hall–Kier alpha value is -1.22. The van der Waals surface area contributed by atoms with Crippen molar-refractivity contribution >= 4 is 17.7 Å². The fraction of sp³-hybridized carbons (Fsp3) is 0.308. The average molecular weight is 236 g/mol. The number of allylic oxidation sites excluding steroid dienone is 1. The summed E-state index contributed by atoms with van der Waals surface area (Å²) in [5.74, 6) is -0.238. The van der Waals surface area contributed by atoms with E-state index >= 15 is 0 Å². The molecule has 1 rings (SSSR count). The maximum Gasteiger partial charge on any atom is 0.344 e. The first-order valence-electron chi connectivity index (χ1n) is 5.38. The van der Waals surface area contributed by atoms with Crippen LogP contribution in [0.1, 0.15) is 20.3 Å². The first-order chi connectivity index (χ1) is 7.77. The number of thioether (sulfide) groups is 1. The first kappa shape index (κ1) is 12.8. The molecule has 0 aromatic heterocycles. The molecule has 0 saturated heterocycles. The standard InChI is InChI=1S/C13H16O2S/c1-3-8-12(13(14)15-4-2)16-11-9-6-5-7-10-11/h5-10H,3-4H2,1-2H3/b12-8-. The molecule has 3 heteroatoms. The lowest BCUT2D eigenvalue weighted by Gasteiger charge is -2.06. The van der Waals surface area contributed by atoms with Gasteiger partial charge in [-0.2, -0.15) is 0 Å². The largest absolute Gasteiger partial charge is 0.462 e. The maximum atomic E-state index is 11.6. The van der Waals surface area contributed by atoms with E-state index in [1.54, 1.807) is 0 Å². The van der Waals surface area contributed by atoms with E-state index < -0.39 is 0 Å². The van der Waals surface area contributed by atoms with Gasteiger partial charge in [-0.1, -0.05) is 43.0 Å². The SMILES string of the molecule is CC/C=C(\Sc1ccccc1)C(=O)OCC. The van der Waals surface area contributed by atoms with Gasteiger partial charge >= 0.3 is 5.97 Å². The van der Waals surface area contributed by atoms with E-state index in [2.05, 4.69) is 0 Å². The van der Waals surface area contributed by atoms with Crippen molar-refractivity contribution < 1.29 is 9.53 Å². The second-order valence-electron chi connectivity index (χ2n) is 3.11. The van der Waals surface area contributed by atoms with Gasteiger partial charge < -0.3 is 4.74 Å². The van der Waals surface area contributed by atoms with E-state index in [1.165, 1.54) is 11.8 Å². The number of carbonyl (C=O) groups excluding carboxylic acids is 1. The molecule has 0 unspecified atom stereocenters. The monoisotopic (exact) mass is 236 g/mol. The van der Waals surface area contributed by atoms with Gasteiger partial charge in [0.2, 0.25) is 0 Å². The van der Waals surface area contributed by atoms with Gasteiger partial charge in [0, 0.05) is 4.90 Å². The predicted molar refractivity (Wildman–Crippen MR) is 67.3 cm³/mol. The molecule has 0 aliphatic rings. The van der Waals surface area contributed by atoms with Gasteiger partial charge in [0.15, 0.2) is 0 Å². The second-order valence-corrected chi connectivity index (χ2v) is 4.23. The molecule has 0 fully saturated rings. The molecular formula is C13H16O2S. The summed E-state index contributed by atoms with van der Waals surface area (Å²) in [6.45, 7) is 4.23. The van der Waals surface area contributed by atoms with Crippen LogP contribution in [-0.4, -0.2) is 12.6 Å². The first-order valence-corrected chi connectivity index (χ1v) is 6.19. The van der Waals surface area contributed by atoms with Crippen molar-refractivity contribution in [2.45, 2.75) is 25.2 Å². The molecular weight excluding hydrogens is 220 g/mol. The molecule has 16 heavy (non-hydrogen) atoms. The number of ether oxygens (including phenoxy) is 1. The molecule has 0 heterocycles. The van der Waals surface area contributed by atoms with E-state index in [0.717, 1.165) is 11.3 Å². The average Bonchev–Trinajstić information content (AvgIpc) is 2.30. The number of rotatable bonds is 5. The van der Waals surface area contributed by atoms with Gasteiger partial charge in [0.05, 0.1) is 11.5 Å². The second kappa shape index (κ2) is 7.12. The summed E-state index contributed by atoms with van der Waals surface area (Å²) >= 11 is 1.45. The molecule has 0 N–H and O–H groups in total. The zero-order chi connectivity index (χ0) is 11.8. The topological polar surface area (TPSA) is 26.3 Å². The van der Waals surface area contributed by atoms with Crippen LogP contribution in [-0.2, 0) is 9.53 Å². The van der Waals surface area contributed by atoms with Gasteiger partial charge in [-0.05, 0) is 25.5 Å². The summed E-state index contributed by atoms with van der Waals surface area (Å²) in [4.78, 5) is 13.3. The zero-order valence-electron chi connectivity index (χ0n) is 9.60. The Labute approximate surface area is 101 Å². The molecule has 0 atom stereocenters. The van der Waals surface area contributed by atoms with Crippen LogP contribution in [0.5, 0.6) is 0 Å². The third-order valence-corrected chi connectivity index (χ3v) is 2.90. The van der Waals surface area contributed by atoms with E-state index in [1.807, 2.05) is 50.3 Å². The van der Waals surface area contributed by atoms with E-state index in [-0.39, 0.29) is 5.97 Å². The molecule has 0 radical (unpaired) electrons. The fourth-order valence-electron chi connectivity index (χ4n) is 1.17. The van der Waals surface area contributed by atoms with Crippen LogP contribution < -0.4 is 0 Å². The van der Waals surface area contributed by atoms with E-state index in [4.69, 9.17) is 4.74 Å². The maximum absolute atomic E-state index is 11.6. The summed E-state index contributed by atoms with van der Waals surface area (Å²) in [5, 5.41) is 0. The van der Waals surface area contributed by atoms with Crippen LogP contribution in [0.2, 0.25) is 0 Å². The highest BCUT2D eigenvalue weighted by molar-refractivity contribution is 8.04. The molecule has 86 valence electrons. The highest BCUT2D eigenvalue weighted by atomic mass is 32.2. The number of benzene rings is 1. The van der Waals surface area contributed by atoms with Gasteiger partial charge in [-0.3, -0.25) is 0 Å². The van der Waals surface area contributed by atoms with Crippen LogP contribution >= 0.6 is 11.8 Å². The Morgan fingerprint density at radius 3 is 2.56 bits per heavy atom. The predicted octanol–water partition coefficient (Wildman–Crippen LogP) is 3.64. The fourth-order valence-corrected chi connectivity index (χ4v) is 2.11. The molecule has 0 amide bonds. The van der Waals surface area contributed by atoms with Crippen molar-refractivity contribution in [2.24, 2.45) is 0 Å². The number of esters is 1. The lowest BCUT2D eigenvalue weighted by Crippen LogP contribution is -2.05. The van der Waals surface area contributed by atoms with Crippen LogP contribution in [0.15, 0.2) is 46.2 Å². The lowest BCUT2D eigenvalue weighted by molar-refractivity contribution is -0.137. The summed E-state index contributed by atoms with van der Waals surface area (Å²) in [6, 6.07) is 9.83. The van der Waals surface area contributed by atoms with Crippen molar-refractivity contribution in [2.75, 3.05) is 6.61 Å². The van der Waals surface area contributed by atoms with Crippen molar-refractivity contribution in [3.05, 3.63) is 41.3 Å². The molecule has 0 bridgehead atoms. The Morgan fingerprint density at radius 1 is 1.31 bits per heavy atom. The molecule has 0 spiro atoms. The zero-order valence-corrected chi connectivity index (χ0v) is 10.4. The number of carbonyl (C=O) groups is 1. The van der Waals surface area contributed by atoms with Crippen molar-refractivity contribution in [1.82, 2.24) is 0 Å². The minimum absolute atomic E-state index is 0.238. The van der Waals surface area contributed by atoms with Gasteiger partial charge in [0.1, 0.15) is 0 Å². The van der Waals surface area contributed by atoms with Crippen LogP contribution in [0.3, 0.4) is 0 Å². The van der Waals surface area contributed by atoms with Crippen molar-refractivity contribution in [3.63, 3.8) is 0 Å². The van der Waals surface area contributed by atoms with E-state index in [0.29, 0.717) is 11.5 Å². The third kappa shape index (κ3) is 4.11. The molecule has 0 aliphatic heterocycles. The van der Waals surface area contributed by atoms with Gasteiger partial charge in [-0.25, -0.2) is 4.79 Å². The summed E-state index contributed by atoms with van der Waals surface area (Å²) < 4.78 is 5.00. The third-order valence-electron chi connectivity index (χ3n) is 1.84. The normalized spacial score (nSPS) is 11.2. The van der Waals surface area contributed by atoms with Gasteiger partial charge in [0.25, 0.3) is 0 Å². The smallest absolute Gasteiger partial charge is 0.344 e. The quantitative estimate of drug-likeness (QED) is 0.443. The Morgan fingerprint density at radius 2 is 2.00 bits per heavy atom. The highest BCUT2D eigenvalue weighted by Gasteiger charge is 2.11. The lowest BCUT2D eigenvalue weighted by atomic mass is 10.4. The van der Waals surface area contributed by atoms with E-state index in [9.17, 15) is 4.79 Å². The molecule has 2 nitrogen and oxygen atoms in total. The van der Waals surface area contributed by atoms with Crippen molar-refractivity contribution in [3.8, 4) is 0 Å². The Balaban J connectivity index is 2.73. The van der Waals surface area contributed by atoms with Crippen LogP contribution in [0, 0.1) is 0 Å². The Bertz CT molecular complexity index is 357. The minimum atomic E-state index is -0.238. The summed E-state index contributed by atoms with van der Waals surface area (Å²) in [6.07, 6.45) is 2.73. The number of hydrogen-bond donors (Lipinski definition) is 0. The van der Waals surface area contributed by atoms with Crippen molar-refractivity contribution in [1.29, 1.82) is 0 Å². The molecule has 0 saturated carbocycles. The van der Waals surface area contributed by atoms with Crippen LogP contribution in [0.25, 0.3) is 0 Å².